The smallest absolute Gasteiger partial charge is 0.129 e. The number of nitrogens with zero attached hydrogens (tertiary/aromatic N) is 3. The highest BCUT2D eigenvalue weighted by Gasteiger charge is 2.13. The molecule has 3 aromatic rings. The van der Waals surface area contributed by atoms with E-state index >= 15 is 0 Å². The lowest BCUT2D eigenvalue weighted by atomic mass is 10.0. The van der Waals surface area contributed by atoms with Gasteiger partial charge < -0.3 is 4.74 Å². The minimum Gasteiger partial charge on any atom is -0.496 e. The Balaban J connectivity index is 2.33. The molecule has 0 amide bonds. The van der Waals surface area contributed by atoms with Crippen LogP contribution in [0.25, 0.3) is 22.2 Å². The van der Waals surface area contributed by atoms with Crippen molar-refractivity contribution in [3.63, 3.8) is 0 Å². The molecule has 0 atom stereocenters. The van der Waals surface area contributed by atoms with E-state index < -0.39 is 0 Å². The molecule has 0 aliphatic heterocycles. The average molecular weight is 354 g/mol. The van der Waals surface area contributed by atoms with Crippen molar-refractivity contribution in [1.29, 1.82) is 5.26 Å². The summed E-state index contributed by atoms with van der Waals surface area (Å²) in [6, 6.07) is 13.4. The van der Waals surface area contributed by atoms with Gasteiger partial charge in [-0.15, -0.1) is 0 Å². The predicted octanol–water partition coefficient (Wildman–Crippen LogP) is 4.25. The zero-order valence-corrected chi connectivity index (χ0v) is 13.7. The van der Waals surface area contributed by atoms with Gasteiger partial charge in [0.15, 0.2) is 0 Å². The molecule has 22 heavy (non-hydrogen) atoms. The van der Waals surface area contributed by atoms with Crippen molar-refractivity contribution >= 4 is 26.8 Å². The number of ether oxygens (including phenoxy) is 1. The minimum absolute atomic E-state index is 0.554. The molecule has 108 valence electrons. The van der Waals surface area contributed by atoms with Gasteiger partial charge in [-0.25, -0.2) is 9.97 Å². The summed E-state index contributed by atoms with van der Waals surface area (Å²) in [5, 5.41) is 9.97. The second kappa shape index (κ2) is 5.74. The van der Waals surface area contributed by atoms with Crippen LogP contribution in [0.15, 0.2) is 40.9 Å². The Morgan fingerprint density at radius 1 is 1.14 bits per heavy atom. The molecule has 4 nitrogen and oxygen atoms in total. The van der Waals surface area contributed by atoms with Crippen LogP contribution in [-0.2, 0) is 0 Å². The number of halogens is 1. The van der Waals surface area contributed by atoms with Crippen LogP contribution >= 0.6 is 15.9 Å². The molecule has 0 saturated carbocycles. The second-order valence-electron chi connectivity index (χ2n) is 4.81. The number of hydrogen-bond acceptors (Lipinski definition) is 4. The number of benzene rings is 2. The highest BCUT2D eigenvalue weighted by atomic mass is 79.9. The van der Waals surface area contributed by atoms with Gasteiger partial charge in [0.2, 0.25) is 0 Å². The van der Waals surface area contributed by atoms with Crippen molar-refractivity contribution in [1.82, 2.24) is 9.97 Å². The molecule has 0 aliphatic rings. The van der Waals surface area contributed by atoms with Crippen molar-refractivity contribution in [3.8, 4) is 23.1 Å². The number of methoxy groups -OCH3 is 1. The number of nitriles is 1. The Morgan fingerprint density at radius 3 is 2.68 bits per heavy atom. The van der Waals surface area contributed by atoms with E-state index in [2.05, 4.69) is 32.0 Å². The molecular weight excluding hydrogens is 342 g/mol. The van der Waals surface area contributed by atoms with E-state index in [9.17, 15) is 0 Å². The first-order valence-corrected chi connectivity index (χ1v) is 7.44. The van der Waals surface area contributed by atoms with E-state index in [1.54, 1.807) is 19.2 Å². The fourth-order valence-electron chi connectivity index (χ4n) is 2.38. The third-order valence-electron chi connectivity index (χ3n) is 3.36. The van der Waals surface area contributed by atoms with Gasteiger partial charge in [0, 0.05) is 15.4 Å². The van der Waals surface area contributed by atoms with E-state index in [1.165, 1.54) is 0 Å². The normalized spacial score (nSPS) is 10.5. The van der Waals surface area contributed by atoms with Gasteiger partial charge in [-0.3, -0.25) is 0 Å². The van der Waals surface area contributed by atoms with Crippen LogP contribution in [0, 0.1) is 18.3 Å². The van der Waals surface area contributed by atoms with Crippen LogP contribution in [-0.4, -0.2) is 17.1 Å². The monoisotopic (exact) mass is 353 g/mol. The lowest BCUT2D eigenvalue weighted by Crippen LogP contribution is -1.96. The summed E-state index contributed by atoms with van der Waals surface area (Å²) in [5.74, 6) is 1.31. The zero-order valence-electron chi connectivity index (χ0n) is 12.1. The quantitative estimate of drug-likeness (QED) is 0.690. The SMILES string of the molecule is COc1cc(C#N)ccc1-c1nc(C)nc2cc(Br)ccc12. The Labute approximate surface area is 136 Å². The van der Waals surface area contributed by atoms with Crippen molar-refractivity contribution < 1.29 is 4.74 Å². The number of rotatable bonds is 2. The average Bonchev–Trinajstić information content (AvgIpc) is 2.53. The summed E-state index contributed by atoms with van der Waals surface area (Å²) < 4.78 is 6.40. The molecule has 1 heterocycles. The van der Waals surface area contributed by atoms with Crippen LogP contribution in [0.3, 0.4) is 0 Å². The molecule has 0 saturated heterocycles. The third kappa shape index (κ3) is 2.53. The summed E-state index contributed by atoms with van der Waals surface area (Å²) in [6.07, 6.45) is 0. The number of aryl methyl sites for hydroxylation is 1. The Hall–Kier alpha value is -2.45. The topological polar surface area (TPSA) is 58.8 Å². The summed E-state index contributed by atoms with van der Waals surface area (Å²) >= 11 is 3.46. The fourth-order valence-corrected chi connectivity index (χ4v) is 2.73. The van der Waals surface area contributed by atoms with Gasteiger partial charge in [-0.1, -0.05) is 15.9 Å². The largest absolute Gasteiger partial charge is 0.496 e. The third-order valence-corrected chi connectivity index (χ3v) is 3.85. The van der Waals surface area contributed by atoms with Crippen molar-refractivity contribution in [2.75, 3.05) is 7.11 Å². The van der Waals surface area contributed by atoms with Crippen molar-refractivity contribution in [3.05, 3.63) is 52.3 Å². The van der Waals surface area contributed by atoms with Crippen LogP contribution in [0.2, 0.25) is 0 Å². The summed E-state index contributed by atoms with van der Waals surface area (Å²) in [4.78, 5) is 9.05. The Kier molecular flexibility index (Phi) is 3.78. The summed E-state index contributed by atoms with van der Waals surface area (Å²) in [7, 11) is 1.59. The maximum Gasteiger partial charge on any atom is 0.129 e. The molecule has 0 N–H and O–H groups in total. The number of fused-ring (bicyclic) bond motifs is 1. The van der Waals surface area contributed by atoms with Gasteiger partial charge in [0.1, 0.15) is 11.6 Å². The van der Waals surface area contributed by atoms with Gasteiger partial charge in [-0.05, 0) is 43.3 Å². The molecule has 0 radical (unpaired) electrons. The summed E-state index contributed by atoms with van der Waals surface area (Å²) in [6.45, 7) is 1.86. The molecule has 0 bridgehead atoms. The van der Waals surface area contributed by atoms with Gasteiger partial charge in [0.25, 0.3) is 0 Å². The first-order chi connectivity index (χ1) is 10.6. The maximum absolute atomic E-state index is 9.03. The highest BCUT2D eigenvalue weighted by Crippen LogP contribution is 2.34. The molecule has 0 fully saturated rings. The van der Waals surface area contributed by atoms with E-state index in [0.717, 1.165) is 26.6 Å². The minimum atomic E-state index is 0.554. The fraction of sp³-hybridized carbons (Fsp3) is 0.118. The Bertz CT molecular complexity index is 910. The first kappa shape index (κ1) is 14.5. The Morgan fingerprint density at radius 2 is 1.95 bits per heavy atom. The molecule has 5 heteroatoms. The van der Waals surface area contributed by atoms with Crippen LogP contribution < -0.4 is 4.74 Å². The molecule has 0 aliphatic carbocycles. The van der Waals surface area contributed by atoms with Gasteiger partial charge in [-0.2, -0.15) is 5.26 Å². The standard InChI is InChI=1S/C17H12BrN3O/c1-10-20-15-8-12(18)4-6-13(15)17(21-10)14-5-3-11(9-19)7-16(14)22-2/h3-8H,1-2H3. The van der Waals surface area contributed by atoms with Crippen LogP contribution in [0.5, 0.6) is 5.75 Å². The lowest BCUT2D eigenvalue weighted by molar-refractivity contribution is 0.416. The molecule has 0 spiro atoms. The van der Waals surface area contributed by atoms with E-state index in [4.69, 9.17) is 10.00 Å². The maximum atomic E-state index is 9.03. The molecule has 1 aromatic heterocycles. The van der Waals surface area contributed by atoms with Gasteiger partial charge in [0.05, 0.1) is 30.0 Å². The molecular formula is C17H12BrN3O. The molecule has 0 unspecified atom stereocenters. The molecule has 3 rings (SSSR count). The van der Waals surface area contributed by atoms with E-state index in [0.29, 0.717) is 17.1 Å². The first-order valence-electron chi connectivity index (χ1n) is 6.65. The van der Waals surface area contributed by atoms with E-state index in [-0.39, 0.29) is 0 Å². The van der Waals surface area contributed by atoms with Crippen molar-refractivity contribution in [2.45, 2.75) is 6.92 Å². The van der Waals surface area contributed by atoms with E-state index in [1.807, 2.05) is 31.2 Å². The van der Waals surface area contributed by atoms with Crippen LogP contribution in [0.1, 0.15) is 11.4 Å². The molecule has 2 aromatic carbocycles. The number of hydrogen-bond donors (Lipinski definition) is 0. The summed E-state index contributed by atoms with van der Waals surface area (Å²) in [5.41, 5.74) is 3.07. The predicted molar refractivity (Wildman–Crippen MR) is 88.7 cm³/mol. The van der Waals surface area contributed by atoms with Crippen LogP contribution in [0.4, 0.5) is 0 Å². The second-order valence-corrected chi connectivity index (χ2v) is 5.72. The lowest BCUT2D eigenvalue weighted by Gasteiger charge is -2.11. The highest BCUT2D eigenvalue weighted by molar-refractivity contribution is 9.10. The van der Waals surface area contributed by atoms with Gasteiger partial charge >= 0.3 is 0 Å². The van der Waals surface area contributed by atoms with Crippen molar-refractivity contribution in [2.24, 2.45) is 0 Å². The number of aromatic nitrogens is 2. The zero-order chi connectivity index (χ0) is 15.7.